The molecule has 0 saturated heterocycles. The van der Waals surface area contributed by atoms with Crippen molar-refractivity contribution in [1.82, 2.24) is 4.98 Å². The number of benzene rings is 1. The molecule has 1 atom stereocenters. The molecule has 0 amide bonds. The van der Waals surface area contributed by atoms with Gasteiger partial charge in [0.1, 0.15) is 5.69 Å². The molecule has 3 rings (SSSR count). The van der Waals surface area contributed by atoms with Crippen molar-refractivity contribution in [3.63, 3.8) is 0 Å². The summed E-state index contributed by atoms with van der Waals surface area (Å²) >= 11 is 0. The first kappa shape index (κ1) is 21.7. The van der Waals surface area contributed by atoms with Crippen LogP contribution in [-0.4, -0.2) is 44.7 Å². The zero-order valence-corrected chi connectivity index (χ0v) is 18.4. The molecule has 0 radical (unpaired) electrons. The Labute approximate surface area is 176 Å². The fraction of sp³-hybridized carbons (Fsp3) is 0.478. The molecule has 1 aliphatic rings. The summed E-state index contributed by atoms with van der Waals surface area (Å²) in [5.74, 6) is 1.36. The van der Waals surface area contributed by atoms with E-state index >= 15 is 0 Å². The van der Waals surface area contributed by atoms with Gasteiger partial charge in [0.15, 0.2) is 17.3 Å². The van der Waals surface area contributed by atoms with Crippen LogP contribution in [0.15, 0.2) is 12.1 Å². The largest absolute Gasteiger partial charge is 0.493 e. The molecule has 0 fully saturated rings. The predicted molar refractivity (Wildman–Crippen MR) is 112 cm³/mol. The first-order valence-corrected chi connectivity index (χ1v) is 10.0. The number of nitrogens with one attached hydrogen (secondary N) is 1. The number of hydrogen-bond acceptors (Lipinski definition) is 6. The molecule has 1 aromatic heterocycles. The number of esters is 1. The molecule has 1 heterocycles. The van der Waals surface area contributed by atoms with Crippen LogP contribution < -0.4 is 14.2 Å². The van der Waals surface area contributed by atoms with Crippen molar-refractivity contribution >= 4 is 11.8 Å². The zero-order valence-electron chi connectivity index (χ0n) is 18.4. The van der Waals surface area contributed by atoms with Crippen molar-refractivity contribution in [2.45, 2.75) is 39.5 Å². The topological polar surface area (TPSA) is 86.9 Å². The number of ether oxygens (including phenoxy) is 4. The summed E-state index contributed by atoms with van der Waals surface area (Å²) in [4.78, 5) is 28.6. The van der Waals surface area contributed by atoms with E-state index < -0.39 is 5.97 Å². The fourth-order valence-electron chi connectivity index (χ4n) is 3.92. The van der Waals surface area contributed by atoms with Crippen LogP contribution in [0.3, 0.4) is 0 Å². The number of Topliss-reactive ketones (excluding diaryl/α,β-unsaturated/α-hetero) is 1. The second-order valence-corrected chi connectivity index (χ2v) is 7.96. The molecule has 0 bridgehead atoms. The third kappa shape index (κ3) is 4.01. The summed E-state index contributed by atoms with van der Waals surface area (Å²) in [7, 11) is 4.68. The number of carbonyl (C=O) groups excluding carboxylic acids is 2. The number of aromatic nitrogens is 1. The molecular weight excluding hydrogens is 386 g/mol. The number of aromatic amines is 1. The fourth-order valence-corrected chi connectivity index (χ4v) is 3.92. The molecule has 7 nitrogen and oxygen atoms in total. The lowest BCUT2D eigenvalue weighted by atomic mass is 9.81. The molecule has 30 heavy (non-hydrogen) atoms. The maximum Gasteiger partial charge on any atom is 0.355 e. The van der Waals surface area contributed by atoms with Crippen LogP contribution >= 0.6 is 0 Å². The number of hydrogen-bond donors (Lipinski definition) is 1. The third-order valence-electron chi connectivity index (χ3n) is 5.40. The predicted octanol–water partition coefficient (Wildman–Crippen LogP) is 4.07. The maximum atomic E-state index is 13.0. The summed E-state index contributed by atoms with van der Waals surface area (Å²) in [6.45, 7) is 6.08. The number of rotatable bonds is 7. The summed E-state index contributed by atoms with van der Waals surface area (Å²) in [5.41, 5.74) is 3.31. The van der Waals surface area contributed by atoms with E-state index in [0.717, 1.165) is 11.3 Å². The first-order valence-electron chi connectivity index (χ1n) is 10.0. The zero-order chi connectivity index (χ0) is 22.0. The number of ketones is 1. The summed E-state index contributed by atoms with van der Waals surface area (Å²) in [6, 6.07) is 3.75. The minimum absolute atomic E-state index is 0.00617. The summed E-state index contributed by atoms with van der Waals surface area (Å²) in [6.07, 6.45) is 0.933. The first-order chi connectivity index (χ1) is 14.3. The minimum atomic E-state index is -0.423. The van der Waals surface area contributed by atoms with E-state index in [1.807, 2.05) is 26.0 Å². The Hall–Kier alpha value is -2.96. The van der Waals surface area contributed by atoms with E-state index in [-0.39, 0.29) is 17.6 Å². The number of fused-ring (bicyclic) bond motifs is 1. The van der Waals surface area contributed by atoms with E-state index in [2.05, 4.69) is 4.98 Å². The van der Waals surface area contributed by atoms with Gasteiger partial charge in [-0.15, -0.1) is 0 Å². The van der Waals surface area contributed by atoms with Gasteiger partial charge in [-0.1, -0.05) is 13.8 Å². The van der Waals surface area contributed by atoms with Crippen LogP contribution in [0, 0.1) is 12.8 Å². The molecule has 0 aliphatic heterocycles. The van der Waals surface area contributed by atoms with Crippen molar-refractivity contribution in [2.75, 3.05) is 27.9 Å². The lowest BCUT2D eigenvalue weighted by molar-refractivity contribution is 0.0451. The average Bonchev–Trinajstić information content (AvgIpc) is 3.07. The monoisotopic (exact) mass is 415 g/mol. The molecule has 1 unspecified atom stereocenters. The van der Waals surface area contributed by atoms with Gasteiger partial charge in [0.25, 0.3) is 0 Å². The van der Waals surface area contributed by atoms with Gasteiger partial charge in [-0.2, -0.15) is 0 Å². The van der Waals surface area contributed by atoms with Gasteiger partial charge in [-0.3, -0.25) is 4.79 Å². The molecule has 0 saturated carbocycles. The van der Waals surface area contributed by atoms with Gasteiger partial charge < -0.3 is 23.9 Å². The Balaban J connectivity index is 1.94. The normalized spacial score (nSPS) is 15.7. The van der Waals surface area contributed by atoms with Crippen molar-refractivity contribution < 1.29 is 28.5 Å². The lowest BCUT2D eigenvalue weighted by Gasteiger charge is -2.24. The smallest absolute Gasteiger partial charge is 0.355 e. The van der Waals surface area contributed by atoms with Gasteiger partial charge in [-0.25, -0.2) is 4.79 Å². The molecule has 162 valence electrons. The van der Waals surface area contributed by atoms with E-state index in [0.29, 0.717) is 53.5 Å². The Morgan fingerprint density at radius 1 is 1.10 bits per heavy atom. The van der Waals surface area contributed by atoms with Crippen LogP contribution in [-0.2, 0) is 11.2 Å². The van der Waals surface area contributed by atoms with Crippen molar-refractivity contribution in [2.24, 2.45) is 5.92 Å². The molecule has 1 aromatic carbocycles. The summed E-state index contributed by atoms with van der Waals surface area (Å²) in [5, 5.41) is 0. The van der Waals surface area contributed by atoms with E-state index in [9.17, 15) is 9.59 Å². The van der Waals surface area contributed by atoms with Crippen molar-refractivity contribution in [3.8, 4) is 17.2 Å². The van der Waals surface area contributed by atoms with Crippen molar-refractivity contribution in [3.05, 3.63) is 40.2 Å². The second-order valence-electron chi connectivity index (χ2n) is 7.96. The van der Waals surface area contributed by atoms with Gasteiger partial charge in [0.05, 0.1) is 27.9 Å². The third-order valence-corrected chi connectivity index (χ3v) is 5.40. The Morgan fingerprint density at radius 3 is 2.27 bits per heavy atom. The van der Waals surface area contributed by atoms with Gasteiger partial charge in [-0.05, 0) is 48.4 Å². The van der Waals surface area contributed by atoms with Crippen LogP contribution in [0.25, 0.3) is 0 Å². The maximum absolute atomic E-state index is 13.0. The molecule has 1 N–H and O–H groups in total. The van der Waals surface area contributed by atoms with Crippen LogP contribution in [0.4, 0.5) is 0 Å². The highest BCUT2D eigenvalue weighted by Crippen LogP contribution is 2.43. The van der Waals surface area contributed by atoms with Gasteiger partial charge in [0.2, 0.25) is 5.75 Å². The minimum Gasteiger partial charge on any atom is -0.493 e. The molecule has 1 aliphatic carbocycles. The quantitative estimate of drug-likeness (QED) is 0.686. The highest BCUT2D eigenvalue weighted by molar-refractivity contribution is 6.03. The second kappa shape index (κ2) is 8.81. The molecule has 7 heteroatoms. The number of carbonyl (C=O) groups is 2. The van der Waals surface area contributed by atoms with Crippen LogP contribution in [0.2, 0.25) is 0 Å². The molecular formula is C23H29NO6. The van der Waals surface area contributed by atoms with E-state index in [1.165, 1.54) is 0 Å². The van der Waals surface area contributed by atoms with Gasteiger partial charge in [0, 0.05) is 17.7 Å². The SMILES string of the molecule is COc1cc(C2CC(=O)c3c([nH]c(C(=O)OCC(C)C)c3C)C2)cc(OC)c1OC. The van der Waals surface area contributed by atoms with E-state index in [4.69, 9.17) is 18.9 Å². The van der Waals surface area contributed by atoms with Crippen molar-refractivity contribution in [1.29, 1.82) is 0 Å². The Kier molecular flexibility index (Phi) is 6.39. The van der Waals surface area contributed by atoms with Crippen LogP contribution in [0.5, 0.6) is 17.2 Å². The van der Waals surface area contributed by atoms with Gasteiger partial charge >= 0.3 is 5.97 Å². The number of H-pyrrole nitrogens is 1. The Morgan fingerprint density at radius 2 is 1.73 bits per heavy atom. The average molecular weight is 415 g/mol. The lowest BCUT2D eigenvalue weighted by Crippen LogP contribution is -2.19. The highest BCUT2D eigenvalue weighted by Gasteiger charge is 2.33. The summed E-state index contributed by atoms with van der Waals surface area (Å²) < 4.78 is 21.6. The van der Waals surface area contributed by atoms with Crippen LogP contribution in [0.1, 0.15) is 63.9 Å². The highest BCUT2D eigenvalue weighted by atomic mass is 16.5. The molecule has 0 spiro atoms. The molecule has 2 aromatic rings. The van der Waals surface area contributed by atoms with E-state index in [1.54, 1.807) is 28.3 Å². The standard InChI is InChI=1S/C23H29NO6/c1-12(2)11-30-23(26)21-13(3)20-16(24-21)7-14(8-17(20)25)15-9-18(27-4)22(29-6)19(10-15)28-5/h9-10,12,14,24H,7-8,11H2,1-6H3. The number of methoxy groups -OCH3 is 3. The Bertz CT molecular complexity index is 934.